The van der Waals surface area contributed by atoms with Crippen molar-refractivity contribution in [2.24, 2.45) is 0 Å². The monoisotopic (exact) mass is 263 g/mol. The molecule has 0 atom stereocenters. The molecule has 0 radical (unpaired) electrons. The van der Waals surface area contributed by atoms with Crippen LogP contribution in [0.5, 0.6) is 0 Å². The van der Waals surface area contributed by atoms with Crippen LogP contribution < -0.4 is 5.32 Å². The fourth-order valence-electron chi connectivity index (χ4n) is 2.12. The second kappa shape index (κ2) is 6.20. The lowest BCUT2D eigenvalue weighted by molar-refractivity contribution is -0.120. The van der Waals surface area contributed by atoms with Crippen molar-refractivity contribution in [3.63, 3.8) is 0 Å². The number of amides is 1. The van der Waals surface area contributed by atoms with Gasteiger partial charge in [0, 0.05) is 6.54 Å². The van der Waals surface area contributed by atoms with E-state index in [4.69, 9.17) is 5.11 Å². The number of aryl methyl sites for hydroxylation is 2. The molecule has 0 spiro atoms. The van der Waals surface area contributed by atoms with E-state index < -0.39 is 0 Å². The molecule has 106 valence electrons. The molecule has 0 aliphatic heterocycles. The number of carbonyl (C=O) groups excluding carboxylic acids is 1. The average molecular weight is 263 g/mol. The van der Waals surface area contributed by atoms with Crippen LogP contribution in [0.25, 0.3) is 0 Å². The molecule has 1 amide bonds. The summed E-state index contributed by atoms with van der Waals surface area (Å²) in [6.07, 6.45) is 0.377. The predicted molar refractivity (Wildman–Crippen MR) is 78.4 cm³/mol. The minimum atomic E-state index is -0.0382. The molecule has 2 N–H and O–H groups in total. The van der Waals surface area contributed by atoms with E-state index in [9.17, 15) is 4.79 Å². The summed E-state index contributed by atoms with van der Waals surface area (Å²) < 4.78 is 0. The summed E-state index contributed by atoms with van der Waals surface area (Å²) in [4.78, 5) is 11.7. The highest BCUT2D eigenvalue weighted by atomic mass is 16.3. The van der Waals surface area contributed by atoms with Crippen molar-refractivity contribution in [1.82, 2.24) is 5.32 Å². The maximum atomic E-state index is 11.7. The summed E-state index contributed by atoms with van der Waals surface area (Å²) >= 11 is 0. The van der Waals surface area contributed by atoms with Gasteiger partial charge in [0.15, 0.2) is 0 Å². The quantitative estimate of drug-likeness (QED) is 0.875. The molecular weight excluding hydrogens is 238 g/mol. The zero-order chi connectivity index (χ0) is 14.6. The van der Waals surface area contributed by atoms with Crippen molar-refractivity contribution >= 4 is 5.91 Å². The number of aliphatic hydroxyl groups is 1. The van der Waals surface area contributed by atoms with Crippen LogP contribution in [0, 0.1) is 13.8 Å². The predicted octanol–water partition coefficient (Wildman–Crippen LogP) is 2.25. The minimum Gasteiger partial charge on any atom is -0.395 e. The third kappa shape index (κ3) is 4.35. The zero-order valence-corrected chi connectivity index (χ0v) is 12.6. The third-order valence-electron chi connectivity index (χ3n) is 3.33. The molecule has 0 saturated carbocycles. The van der Waals surface area contributed by atoms with E-state index in [-0.39, 0.29) is 17.9 Å². The number of benzene rings is 1. The van der Waals surface area contributed by atoms with Gasteiger partial charge in [0.2, 0.25) is 5.91 Å². The van der Waals surface area contributed by atoms with E-state index in [1.807, 2.05) is 0 Å². The Hall–Kier alpha value is -1.35. The number of hydrogen-bond donors (Lipinski definition) is 2. The van der Waals surface area contributed by atoms with Crippen molar-refractivity contribution in [3.8, 4) is 0 Å². The molecule has 1 aromatic rings. The van der Waals surface area contributed by atoms with E-state index in [1.54, 1.807) is 0 Å². The molecule has 3 heteroatoms. The molecule has 0 bridgehead atoms. The van der Waals surface area contributed by atoms with Gasteiger partial charge in [0.1, 0.15) is 0 Å². The van der Waals surface area contributed by atoms with Gasteiger partial charge >= 0.3 is 0 Å². The highest BCUT2D eigenvalue weighted by Crippen LogP contribution is 2.27. The molecule has 19 heavy (non-hydrogen) atoms. The summed E-state index contributed by atoms with van der Waals surface area (Å²) in [5.41, 5.74) is 4.81. The van der Waals surface area contributed by atoms with E-state index in [2.05, 4.69) is 52.1 Å². The third-order valence-corrected chi connectivity index (χ3v) is 3.33. The molecule has 3 nitrogen and oxygen atoms in total. The largest absolute Gasteiger partial charge is 0.395 e. The van der Waals surface area contributed by atoms with Gasteiger partial charge in [-0.25, -0.2) is 0 Å². The summed E-state index contributed by atoms with van der Waals surface area (Å²) in [5.74, 6) is -0.0382. The van der Waals surface area contributed by atoms with Crippen LogP contribution in [0.1, 0.15) is 43.0 Å². The van der Waals surface area contributed by atoms with Crippen molar-refractivity contribution in [2.75, 3.05) is 13.2 Å². The van der Waals surface area contributed by atoms with E-state index in [0.29, 0.717) is 13.0 Å². The van der Waals surface area contributed by atoms with Crippen molar-refractivity contribution < 1.29 is 9.90 Å². The van der Waals surface area contributed by atoms with Crippen LogP contribution >= 0.6 is 0 Å². The number of hydrogen-bond acceptors (Lipinski definition) is 2. The molecule has 0 aromatic heterocycles. The standard InChI is InChI=1S/C16H25NO2/c1-11-8-13(16(3,4)5)9-12(2)14(11)10-15(19)17-6-7-18/h8-9,18H,6-7,10H2,1-5H3,(H,17,19). The van der Waals surface area contributed by atoms with Gasteiger partial charge < -0.3 is 10.4 Å². The van der Waals surface area contributed by atoms with Crippen LogP contribution in [0.15, 0.2) is 12.1 Å². The summed E-state index contributed by atoms with van der Waals surface area (Å²) in [7, 11) is 0. The van der Waals surface area contributed by atoms with Gasteiger partial charge in [-0.15, -0.1) is 0 Å². The first-order chi connectivity index (χ1) is 8.75. The second-order valence-electron chi connectivity index (χ2n) is 6.09. The normalized spacial score (nSPS) is 11.5. The average Bonchev–Trinajstić information content (AvgIpc) is 2.29. The Balaban J connectivity index is 2.95. The molecule has 0 aliphatic carbocycles. The van der Waals surface area contributed by atoms with Crippen molar-refractivity contribution in [2.45, 2.75) is 46.5 Å². The van der Waals surface area contributed by atoms with Gasteiger partial charge in [-0.05, 0) is 41.5 Å². The van der Waals surface area contributed by atoms with Gasteiger partial charge in [0.05, 0.1) is 13.0 Å². The number of rotatable bonds is 4. The Kier molecular flexibility index (Phi) is 5.12. The summed E-state index contributed by atoms with van der Waals surface area (Å²) in [6.45, 7) is 11.0. The van der Waals surface area contributed by atoms with E-state index in [1.165, 1.54) is 5.56 Å². The second-order valence-corrected chi connectivity index (χ2v) is 6.09. The van der Waals surface area contributed by atoms with Crippen LogP contribution in [0.2, 0.25) is 0 Å². The Bertz CT molecular complexity index is 435. The summed E-state index contributed by atoms with van der Waals surface area (Å²) in [6, 6.07) is 4.34. The molecule has 0 saturated heterocycles. The first-order valence-electron chi connectivity index (χ1n) is 6.74. The minimum absolute atomic E-state index is 0.0212. The lowest BCUT2D eigenvalue weighted by atomic mass is 9.83. The fourth-order valence-corrected chi connectivity index (χ4v) is 2.12. The van der Waals surface area contributed by atoms with E-state index in [0.717, 1.165) is 16.7 Å². The zero-order valence-electron chi connectivity index (χ0n) is 12.6. The van der Waals surface area contributed by atoms with Gasteiger partial charge in [-0.2, -0.15) is 0 Å². The highest BCUT2D eigenvalue weighted by Gasteiger charge is 2.17. The first-order valence-corrected chi connectivity index (χ1v) is 6.74. The van der Waals surface area contributed by atoms with Crippen LogP contribution in [0.4, 0.5) is 0 Å². The topological polar surface area (TPSA) is 49.3 Å². The van der Waals surface area contributed by atoms with Crippen LogP contribution in [-0.2, 0) is 16.6 Å². The molecule has 0 heterocycles. The Labute approximate surface area is 116 Å². The molecule has 1 aromatic carbocycles. The first kappa shape index (κ1) is 15.7. The number of aliphatic hydroxyl groups excluding tert-OH is 1. The van der Waals surface area contributed by atoms with Crippen LogP contribution in [0.3, 0.4) is 0 Å². The van der Waals surface area contributed by atoms with Crippen LogP contribution in [-0.4, -0.2) is 24.2 Å². The van der Waals surface area contributed by atoms with Gasteiger partial charge in [-0.1, -0.05) is 32.9 Å². The molecule has 0 unspecified atom stereocenters. The number of nitrogens with one attached hydrogen (secondary N) is 1. The van der Waals surface area contributed by atoms with Gasteiger partial charge in [0.25, 0.3) is 0 Å². The highest BCUT2D eigenvalue weighted by molar-refractivity contribution is 5.79. The fraction of sp³-hybridized carbons (Fsp3) is 0.562. The summed E-state index contributed by atoms with van der Waals surface area (Å²) in [5, 5.41) is 11.4. The van der Waals surface area contributed by atoms with E-state index >= 15 is 0 Å². The molecule has 1 rings (SSSR count). The maximum Gasteiger partial charge on any atom is 0.224 e. The molecule has 0 aliphatic rings. The Morgan fingerprint density at radius 2 is 1.74 bits per heavy atom. The SMILES string of the molecule is Cc1cc(C(C)(C)C)cc(C)c1CC(=O)NCCO. The smallest absolute Gasteiger partial charge is 0.224 e. The number of carbonyl (C=O) groups is 1. The Morgan fingerprint density at radius 1 is 1.21 bits per heavy atom. The van der Waals surface area contributed by atoms with Crippen molar-refractivity contribution in [3.05, 3.63) is 34.4 Å². The Morgan fingerprint density at radius 3 is 2.16 bits per heavy atom. The maximum absolute atomic E-state index is 11.7. The molecular formula is C16H25NO2. The van der Waals surface area contributed by atoms with Crippen molar-refractivity contribution in [1.29, 1.82) is 0 Å². The molecule has 0 fully saturated rings. The van der Waals surface area contributed by atoms with Gasteiger partial charge in [-0.3, -0.25) is 4.79 Å². The lowest BCUT2D eigenvalue weighted by Crippen LogP contribution is -2.28. The lowest BCUT2D eigenvalue weighted by Gasteiger charge is -2.22.